The fourth-order valence-corrected chi connectivity index (χ4v) is 3.86. The number of carbonyl (C=O) groups excluding carboxylic acids is 1. The van der Waals surface area contributed by atoms with E-state index in [4.69, 9.17) is 4.74 Å². The molecule has 2 saturated heterocycles. The molecule has 9 nitrogen and oxygen atoms in total. The van der Waals surface area contributed by atoms with E-state index in [1.165, 1.54) is 6.07 Å². The summed E-state index contributed by atoms with van der Waals surface area (Å²) in [4.78, 5) is 33.9. The van der Waals surface area contributed by atoms with E-state index in [-0.39, 0.29) is 18.9 Å². The summed E-state index contributed by atoms with van der Waals surface area (Å²) >= 11 is 0. The van der Waals surface area contributed by atoms with Crippen LogP contribution in [0.3, 0.4) is 0 Å². The van der Waals surface area contributed by atoms with Crippen LogP contribution in [-0.2, 0) is 24.0 Å². The summed E-state index contributed by atoms with van der Waals surface area (Å²) in [6, 6.07) is 1.41. The molecule has 2 fully saturated rings. The zero-order valence-electron chi connectivity index (χ0n) is 16.8. The quantitative estimate of drug-likeness (QED) is 0.725. The highest BCUT2D eigenvalue weighted by atomic mass is 19.4. The Hall–Kier alpha value is -3.18. The van der Waals surface area contributed by atoms with Crippen LogP contribution in [0.2, 0.25) is 0 Å². The number of alkyl halides is 3. The van der Waals surface area contributed by atoms with E-state index < -0.39 is 24.2 Å². The van der Waals surface area contributed by atoms with Gasteiger partial charge in [-0.1, -0.05) is 0 Å². The Morgan fingerprint density at radius 1 is 1.13 bits per heavy atom. The number of fused-ring (bicyclic) bond motifs is 1. The van der Waals surface area contributed by atoms with Crippen LogP contribution in [0.4, 0.5) is 29.6 Å². The minimum absolute atomic E-state index is 0.160. The van der Waals surface area contributed by atoms with Crippen molar-refractivity contribution in [3.63, 3.8) is 0 Å². The van der Waals surface area contributed by atoms with Crippen LogP contribution in [-0.4, -0.2) is 63.2 Å². The molecule has 0 spiro atoms. The first-order chi connectivity index (χ1) is 14.8. The lowest BCUT2D eigenvalue weighted by molar-refractivity contribution is -0.144. The van der Waals surface area contributed by atoms with Gasteiger partial charge in [-0.05, 0) is 19.4 Å². The minimum atomic E-state index is -4.60. The molecular formula is C19H20F3N7O2. The lowest BCUT2D eigenvalue weighted by atomic mass is 10.1. The lowest BCUT2D eigenvalue weighted by Gasteiger charge is -2.39. The van der Waals surface area contributed by atoms with E-state index in [0.717, 1.165) is 42.8 Å². The van der Waals surface area contributed by atoms with Gasteiger partial charge in [0.2, 0.25) is 5.82 Å². The highest BCUT2D eigenvalue weighted by molar-refractivity contribution is 5.70. The number of aryl methyl sites for hydroxylation is 1. The Balaban J connectivity index is 1.19. The molecule has 0 saturated carbocycles. The average Bonchev–Trinajstić information content (AvgIpc) is 3.06. The maximum Gasteiger partial charge on any atom is 0.451 e. The molecule has 31 heavy (non-hydrogen) atoms. The summed E-state index contributed by atoms with van der Waals surface area (Å²) in [6.45, 7) is 5.03. The second kappa shape index (κ2) is 7.20. The predicted octanol–water partition coefficient (Wildman–Crippen LogP) is 2.14. The number of ether oxygens (including phenoxy) is 1. The van der Waals surface area contributed by atoms with Crippen LogP contribution in [0.15, 0.2) is 12.3 Å². The second-order valence-electron chi connectivity index (χ2n) is 7.86. The first-order valence-electron chi connectivity index (χ1n) is 10.00. The number of hydrogen-bond donors (Lipinski definition) is 0. The third-order valence-corrected chi connectivity index (χ3v) is 5.62. The molecule has 0 aromatic carbocycles. The molecule has 164 valence electrons. The van der Waals surface area contributed by atoms with Crippen molar-refractivity contribution >= 4 is 17.7 Å². The Morgan fingerprint density at radius 2 is 1.90 bits per heavy atom. The lowest BCUT2D eigenvalue weighted by Crippen LogP contribution is -2.54. The fraction of sp³-hybridized carbons (Fsp3) is 0.526. The van der Waals surface area contributed by atoms with E-state index in [1.807, 2.05) is 6.92 Å². The van der Waals surface area contributed by atoms with E-state index in [9.17, 15) is 18.0 Å². The molecule has 0 atom stereocenters. The normalized spacial score (nSPS) is 18.5. The van der Waals surface area contributed by atoms with Gasteiger partial charge < -0.3 is 14.5 Å². The molecule has 1 amide bonds. The Morgan fingerprint density at radius 3 is 2.58 bits per heavy atom. The molecule has 0 N–H and O–H groups in total. The van der Waals surface area contributed by atoms with E-state index in [1.54, 1.807) is 9.80 Å². The summed E-state index contributed by atoms with van der Waals surface area (Å²) in [5.41, 5.74) is 1.79. The van der Waals surface area contributed by atoms with E-state index in [0.29, 0.717) is 18.9 Å². The molecule has 3 aliphatic rings. The van der Waals surface area contributed by atoms with Gasteiger partial charge in [0.25, 0.3) is 0 Å². The van der Waals surface area contributed by atoms with Crippen LogP contribution in [0.5, 0.6) is 0 Å². The van der Waals surface area contributed by atoms with Crippen LogP contribution >= 0.6 is 0 Å². The zero-order chi connectivity index (χ0) is 21.8. The molecular weight excluding hydrogens is 415 g/mol. The molecule has 0 aliphatic carbocycles. The summed E-state index contributed by atoms with van der Waals surface area (Å²) in [5.74, 6) is 0.541. The van der Waals surface area contributed by atoms with Gasteiger partial charge in [0.15, 0.2) is 0 Å². The van der Waals surface area contributed by atoms with Crippen molar-refractivity contribution in [3.8, 4) is 0 Å². The molecule has 2 aromatic heterocycles. The van der Waals surface area contributed by atoms with Crippen LogP contribution in [0, 0.1) is 6.92 Å². The van der Waals surface area contributed by atoms with Crippen molar-refractivity contribution in [1.82, 2.24) is 24.8 Å². The average molecular weight is 435 g/mol. The molecule has 0 unspecified atom stereocenters. The Kier molecular flexibility index (Phi) is 4.59. The third-order valence-electron chi connectivity index (χ3n) is 5.62. The first kappa shape index (κ1) is 19.8. The van der Waals surface area contributed by atoms with Gasteiger partial charge in [0.05, 0.1) is 31.9 Å². The summed E-state index contributed by atoms with van der Waals surface area (Å²) in [5, 5.41) is 0. The number of halogens is 3. The number of hydrogen-bond acceptors (Lipinski definition) is 8. The predicted molar refractivity (Wildman–Crippen MR) is 102 cm³/mol. The Bertz CT molecular complexity index is 1020. The van der Waals surface area contributed by atoms with Gasteiger partial charge >= 0.3 is 12.3 Å². The molecule has 12 heteroatoms. The molecule has 2 aromatic rings. The zero-order valence-corrected chi connectivity index (χ0v) is 16.8. The van der Waals surface area contributed by atoms with Gasteiger partial charge in [-0.3, -0.25) is 4.90 Å². The van der Waals surface area contributed by atoms with Crippen LogP contribution < -0.4 is 9.80 Å². The smallest absolute Gasteiger partial charge is 0.442 e. The standard InChI is InChI=1S/C19H20F3N7O2/c1-11-24-14-10-29(9-13(14)16(25-11)27-5-2-6-27)18(30)31-12-7-28(8-12)15-3-4-23-17(26-15)19(20,21)22/h3-4,12H,2,5-10H2,1H3. The van der Waals surface area contributed by atoms with Gasteiger partial charge in [-0.15, -0.1) is 0 Å². The van der Waals surface area contributed by atoms with Gasteiger partial charge in [0, 0.05) is 24.8 Å². The molecule has 5 rings (SSSR count). The maximum atomic E-state index is 12.8. The summed E-state index contributed by atoms with van der Waals surface area (Å²) in [7, 11) is 0. The summed E-state index contributed by atoms with van der Waals surface area (Å²) < 4.78 is 43.9. The molecule has 0 radical (unpaired) electrons. The minimum Gasteiger partial charge on any atom is -0.442 e. The number of rotatable bonds is 3. The highest BCUT2D eigenvalue weighted by Gasteiger charge is 2.38. The van der Waals surface area contributed by atoms with Crippen LogP contribution in [0.25, 0.3) is 0 Å². The van der Waals surface area contributed by atoms with Crippen molar-refractivity contribution in [2.24, 2.45) is 0 Å². The maximum absolute atomic E-state index is 12.8. The van der Waals surface area contributed by atoms with Crippen molar-refractivity contribution in [1.29, 1.82) is 0 Å². The first-order valence-corrected chi connectivity index (χ1v) is 10.00. The molecule has 0 bridgehead atoms. The second-order valence-corrected chi connectivity index (χ2v) is 7.86. The van der Waals surface area contributed by atoms with Gasteiger partial charge in [-0.25, -0.2) is 24.7 Å². The van der Waals surface area contributed by atoms with Gasteiger partial charge in [0.1, 0.15) is 23.6 Å². The SMILES string of the molecule is Cc1nc2c(c(N3CCC3)n1)CN(C(=O)OC1CN(c3ccnc(C(F)(F)F)n3)C1)C2. The monoisotopic (exact) mass is 435 g/mol. The fourth-order valence-electron chi connectivity index (χ4n) is 3.86. The third kappa shape index (κ3) is 3.70. The topological polar surface area (TPSA) is 87.6 Å². The largest absolute Gasteiger partial charge is 0.451 e. The molecule has 5 heterocycles. The number of aromatic nitrogens is 4. The number of anilines is 2. The van der Waals surface area contributed by atoms with Crippen LogP contribution in [0.1, 0.15) is 29.3 Å². The van der Waals surface area contributed by atoms with E-state index >= 15 is 0 Å². The summed E-state index contributed by atoms with van der Waals surface area (Å²) in [6.07, 6.45) is -3.28. The van der Waals surface area contributed by atoms with Gasteiger partial charge in [-0.2, -0.15) is 13.2 Å². The number of nitrogens with zero attached hydrogens (tertiary/aromatic N) is 7. The number of amides is 1. The van der Waals surface area contributed by atoms with Crippen molar-refractivity contribution < 1.29 is 22.7 Å². The highest BCUT2D eigenvalue weighted by Crippen LogP contribution is 2.33. The number of carbonyl (C=O) groups is 1. The van der Waals surface area contributed by atoms with Crippen molar-refractivity contribution in [3.05, 3.63) is 35.2 Å². The van der Waals surface area contributed by atoms with Crippen molar-refractivity contribution in [2.75, 3.05) is 36.0 Å². The molecule has 3 aliphatic heterocycles. The van der Waals surface area contributed by atoms with E-state index in [2.05, 4.69) is 24.8 Å². The van der Waals surface area contributed by atoms with Crippen molar-refractivity contribution in [2.45, 2.75) is 38.7 Å². The Labute approximate surface area is 175 Å².